The van der Waals surface area contributed by atoms with Crippen LogP contribution in [0.1, 0.15) is 17.3 Å². The van der Waals surface area contributed by atoms with Crippen molar-refractivity contribution in [2.24, 2.45) is 11.5 Å². The number of nitrogens with two attached hydrogens (primary N) is 2. The number of anilines is 2. The third-order valence-corrected chi connectivity index (χ3v) is 3.81. The van der Waals surface area contributed by atoms with Gasteiger partial charge in [-0.05, 0) is 29.3 Å². The second-order valence-electron chi connectivity index (χ2n) is 5.75. The molecule has 1 heterocycles. The molecule has 0 saturated heterocycles. The molecule has 0 atom stereocenters. The molecule has 0 bridgehead atoms. The van der Waals surface area contributed by atoms with Gasteiger partial charge < -0.3 is 21.8 Å². The molecule has 0 aliphatic carbocycles. The number of hydrogen-bond donors (Lipinski definition) is 5. The number of primary amides is 2. The van der Waals surface area contributed by atoms with E-state index in [2.05, 4.69) is 15.6 Å². The Kier molecular flexibility index (Phi) is 4.32. The van der Waals surface area contributed by atoms with Gasteiger partial charge in [-0.15, -0.1) is 0 Å². The van der Waals surface area contributed by atoms with Gasteiger partial charge in [-0.1, -0.05) is 24.3 Å². The van der Waals surface area contributed by atoms with Gasteiger partial charge >= 0.3 is 6.03 Å². The highest BCUT2D eigenvalue weighted by Gasteiger charge is 2.17. The first-order valence-corrected chi connectivity index (χ1v) is 7.75. The molecule has 0 unspecified atom stereocenters. The van der Waals surface area contributed by atoms with Crippen molar-refractivity contribution < 1.29 is 14.4 Å². The molecular formula is C18H17N5O3. The Balaban J connectivity index is 2.08. The van der Waals surface area contributed by atoms with E-state index in [0.29, 0.717) is 16.6 Å². The molecule has 0 fully saturated rings. The van der Waals surface area contributed by atoms with Crippen LogP contribution in [-0.4, -0.2) is 22.8 Å². The monoisotopic (exact) mass is 351 g/mol. The number of nitrogens with one attached hydrogen (secondary N) is 3. The number of benzene rings is 2. The number of carbonyl (C=O) groups excluding carboxylic acids is 3. The maximum absolute atomic E-state index is 11.8. The molecule has 1 aromatic heterocycles. The predicted octanol–water partition coefficient (Wildman–Crippen LogP) is 2.38. The lowest BCUT2D eigenvalue weighted by molar-refractivity contribution is -0.114. The third-order valence-electron chi connectivity index (χ3n) is 3.81. The number of amides is 4. The minimum atomic E-state index is -0.803. The van der Waals surface area contributed by atoms with Crippen LogP contribution in [0.25, 0.3) is 22.0 Å². The van der Waals surface area contributed by atoms with Crippen LogP contribution in [0.2, 0.25) is 0 Å². The lowest BCUT2D eigenvalue weighted by Crippen LogP contribution is -2.22. The molecule has 8 heteroatoms. The number of H-pyrrole nitrogens is 1. The van der Waals surface area contributed by atoms with Crippen molar-refractivity contribution in [3.05, 3.63) is 48.0 Å². The molecule has 0 radical (unpaired) electrons. The fourth-order valence-electron chi connectivity index (χ4n) is 2.83. The first-order valence-electron chi connectivity index (χ1n) is 7.75. The maximum Gasteiger partial charge on any atom is 0.317 e. The molecule has 26 heavy (non-hydrogen) atoms. The molecule has 0 aliphatic rings. The summed E-state index contributed by atoms with van der Waals surface area (Å²) in [5, 5.41) is 5.67. The average molecular weight is 351 g/mol. The van der Waals surface area contributed by atoms with Gasteiger partial charge in [-0.2, -0.15) is 0 Å². The molecule has 132 valence electrons. The van der Waals surface area contributed by atoms with Crippen LogP contribution in [0.3, 0.4) is 0 Å². The van der Waals surface area contributed by atoms with E-state index in [1.54, 1.807) is 12.1 Å². The summed E-state index contributed by atoms with van der Waals surface area (Å²) in [6.07, 6.45) is 0. The molecule has 0 aliphatic heterocycles. The largest absolute Gasteiger partial charge is 0.365 e. The molecule has 7 N–H and O–H groups in total. The first-order chi connectivity index (χ1) is 12.3. The number of fused-ring (bicyclic) bond motifs is 1. The van der Waals surface area contributed by atoms with Crippen molar-refractivity contribution >= 4 is 40.3 Å². The Labute approximate surface area is 148 Å². The second kappa shape index (κ2) is 6.60. The summed E-state index contributed by atoms with van der Waals surface area (Å²) in [6.45, 7) is 1.44. The Morgan fingerprint density at radius 2 is 1.69 bits per heavy atom. The summed E-state index contributed by atoms with van der Waals surface area (Å²) in [5.74, 6) is -0.681. The van der Waals surface area contributed by atoms with E-state index in [9.17, 15) is 14.4 Å². The van der Waals surface area contributed by atoms with E-state index in [-0.39, 0.29) is 17.3 Å². The summed E-state index contributed by atoms with van der Waals surface area (Å²) in [6, 6.07) is 11.9. The number of hydrogen-bond acceptors (Lipinski definition) is 3. The van der Waals surface area contributed by atoms with Gasteiger partial charge in [-0.3, -0.25) is 14.9 Å². The van der Waals surface area contributed by atoms with E-state index in [1.165, 1.54) is 6.92 Å². The second-order valence-corrected chi connectivity index (χ2v) is 5.75. The molecule has 0 spiro atoms. The van der Waals surface area contributed by atoms with Crippen LogP contribution in [0.5, 0.6) is 0 Å². The van der Waals surface area contributed by atoms with Crippen LogP contribution < -0.4 is 22.1 Å². The zero-order valence-corrected chi connectivity index (χ0v) is 13.9. The molecule has 3 rings (SSSR count). The van der Waals surface area contributed by atoms with Crippen LogP contribution in [-0.2, 0) is 4.79 Å². The fourth-order valence-corrected chi connectivity index (χ4v) is 2.83. The minimum absolute atomic E-state index is 0.157. The quantitative estimate of drug-likeness (QED) is 0.492. The number of aromatic nitrogens is 1. The number of carbonyl (C=O) groups is 3. The van der Waals surface area contributed by atoms with Crippen molar-refractivity contribution in [3.63, 3.8) is 0 Å². The van der Waals surface area contributed by atoms with Gasteiger partial charge in [0.1, 0.15) is 5.82 Å². The zero-order chi connectivity index (χ0) is 18.8. The molecule has 2 aromatic carbocycles. The van der Waals surface area contributed by atoms with Crippen LogP contribution in [0.15, 0.2) is 42.5 Å². The van der Waals surface area contributed by atoms with Crippen molar-refractivity contribution in [2.75, 3.05) is 10.6 Å². The highest BCUT2D eigenvalue weighted by atomic mass is 16.2. The molecule has 4 amide bonds. The van der Waals surface area contributed by atoms with E-state index < -0.39 is 11.9 Å². The lowest BCUT2D eigenvalue weighted by atomic mass is 10.0. The lowest BCUT2D eigenvalue weighted by Gasteiger charge is -2.06. The molecule has 8 nitrogen and oxygen atoms in total. The highest BCUT2D eigenvalue weighted by Crippen LogP contribution is 2.31. The van der Waals surface area contributed by atoms with E-state index >= 15 is 0 Å². The van der Waals surface area contributed by atoms with Crippen molar-refractivity contribution in [3.8, 4) is 11.1 Å². The summed E-state index contributed by atoms with van der Waals surface area (Å²) in [4.78, 5) is 37.1. The molecule has 0 saturated carbocycles. The van der Waals surface area contributed by atoms with Crippen LogP contribution >= 0.6 is 0 Å². The number of rotatable bonds is 4. The molecular weight excluding hydrogens is 334 g/mol. The normalized spacial score (nSPS) is 10.5. The minimum Gasteiger partial charge on any atom is -0.365 e. The summed E-state index contributed by atoms with van der Waals surface area (Å²) >= 11 is 0. The molecule has 3 aromatic rings. The summed E-state index contributed by atoms with van der Waals surface area (Å²) in [5.41, 5.74) is 13.7. The average Bonchev–Trinajstić information content (AvgIpc) is 2.90. The fraction of sp³-hybridized carbons (Fsp3) is 0.0556. The first kappa shape index (κ1) is 17.0. The number of urea groups is 1. The van der Waals surface area contributed by atoms with Crippen molar-refractivity contribution in [1.29, 1.82) is 0 Å². The predicted molar refractivity (Wildman–Crippen MR) is 99.8 cm³/mol. The van der Waals surface area contributed by atoms with Crippen molar-refractivity contribution in [1.82, 2.24) is 4.98 Å². The SMILES string of the molecule is CC(=O)Nc1cccc(-c2ccc3c(C(N)=O)c(NC(N)=O)[nH]c3c2)c1. The van der Waals surface area contributed by atoms with E-state index in [4.69, 9.17) is 11.5 Å². The zero-order valence-electron chi connectivity index (χ0n) is 13.9. The van der Waals surface area contributed by atoms with E-state index in [1.807, 2.05) is 30.3 Å². The van der Waals surface area contributed by atoms with Gasteiger partial charge in [-0.25, -0.2) is 4.79 Å². The maximum atomic E-state index is 11.8. The highest BCUT2D eigenvalue weighted by molar-refractivity contribution is 6.13. The Morgan fingerprint density at radius 1 is 0.962 bits per heavy atom. The van der Waals surface area contributed by atoms with Crippen molar-refractivity contribution in [2.45, 2.75) is 6.92 Å². The van der Waals surface area contributed by atoms with Gasteiger partial charge in [0.25, 0.3) is 5.91 Å². The number of aromatic amines is 1. The summed E-state index contributed by atoms with van der Waals surface area (Å²) in [7, 11) is 0. The smallest absolute Gasteiger partial charge is 0.317 e. The van der Waals surface area contributed by atoms with Crippen LogP contribution in [0, 0.1) is 0 Å². The van der Waals surface area contributed by atoms with Gasteiger partial charge in [0.15, 0.2) is 0 Å². The Morgan fingerprint density at radius 3 is 2.35 bits per heavy atom. The Bertz CT molecular complexity index is 1040. The summed E-state index contributed by atoms with van der Waals surface area (Å²) < 4.78 is 0. The standard InChI is InChI=1S/C18H17N5O3/c1-9(24)21-12-4-2-3-10(7-12)11-5-6-13-14(8-11)22-17(23-18(20)26)15(13)16(19)25/h2-8,22H,1H3,(H2,19,25)(H,21,24)(H3,20,23,26). The van der Waals surface area contributed by atoms with Crippen LogP contribution in [0.4, 0.5) is 16.3 Å². The van der Waals surface area contributed by atoms with E-state index in [0.717, 1.165) is 11.1 Å². The van der Waals surface area contributed by atoms with Gasteiger partial charge in [0.05, 0.1) is 5.56 Å². The van der Waals surface area contributed by atoms with Gasteiger partial charge in [0, 0.05) is 23.5 Å². The van der Waals surface area contributed by atoms with Gasteiger partial charge in [0.2, 0.25) is 5.91 Å². The topological polar surface area (TPSA) is 143 Å². The third kappa shape index (κ3) is 3.34. The Hall–Kier alpha value is -3.81.